The van der Waals surface area contributed by atoms with Crippen LogP contribution in [0.1, 0.15) is 4.88 Å². The molecule has 6 nitrogen and oxygen atoms in total. The number of aromatic nitrogens is 1. The number of carbonyl (C=O) groups excluding carboxylic acids is 1. The number of hydrogen-bond donors (Lipinski definition) is 1. The summed E-state index contributed by atoms with van der Waals surface area (Å²) in [6.07, 6.45) is -0.210. The van der Waals surface area contributed by atoms with E-state index in [-0.39, 0.29) is 6.42 Å². The number of fused-ring (bicyclic) bond motifs is 1. The third kappa shape index (κ3) is 2.39. The summed E-state index contributed by atoms with van der Waals surface area (Å²) in [6.45, 7) is 1.01. The Morgan fingerprint density at radius 2 is 2.10 bits per heavy atom. The van der Waals surface area contributed by atoms with E-state index in [0.717, 1.165) is 16.9 Å². The van der Waals surface area contributed by atoms with Crippen LogP contribution in [-0.2, 0) is 11.2 Å². The Balaban J connectivity index is 2.02. The van der Waals surface area contributed by atoms with Gasteiger partial charge in [0, 0.05) is 22.8 Å². The van der Waals surface area contributed by atoms with Gasteiger partial charge in [0.05, 0.1) is 5.69 Å². The van der Waals surface area contributed by atoms with Crippen molar-refractivity contribution in [3.05, 3.63) is 23.1 Å². The predicted molar refractivity (Wildman–Crippen MR) is 71.7 cm³/mol. The first-order chi connectivity index (χ1) is 9.63. The molecule has 0 saturated heterocycles. The van der Waals surface area contributed by atoms with E-state index in [1.807, 2.05) is 0 Å². The van der Waals surface area contributed by atoms with E-state index < -0.39 is 5.97 Å². The Bertz CT molecular complexity index is 668. The molecule has 20 heavy (non-hydrogen) atoms. The normalized spacial score (nSPS) is 13.2. The molecule has 1 aromatic heterocycles. The quantitative estimate of drug-likeness (QED) is 0.882. The van der Waals surface area contributed by atoms with Crippen molar-refractivity contribution < 1.29 is 19.4 Å². The first-order valence-electron chi connectivity index (χ1n) is 5.98. The van der Waals surface area contributed by atoms with Gasteiger partial charge in [-0.2, -0.15) is 0 Å². The van der Waals surface area contributed by atoms with Gasteiger partial charge in [0.15, 0.2) is 16.6 Å². The summed E-state index contributed by atoms with van der Waals surface area (Å²) in [6, 6.07) is 5.37. The molecule has 0 aliphatic carbocycles. The number of ether oxygens (including phenoxy) is 2. The number of nitrogens with two attached hydrogens (primary N) is 1. The highest BCUT2D eigenvalue weighted by Crippen LogP contribution is 2.37. The van der Waals surface area contributed by atoms with Gasteiger partial charge in [-0.1, -0.05) is 0 Å². The van der Waals surface area contributed by atoms with Crippen LogP contribution in [0.4, 0.5) is 5.13 Å². The summed E-state index contributed by atoms with van der Waals surface area (Å²) in [5, 5.41) is 11.1. The lowest BCUT2D eigenvalue weighted by Gasteiger charge is -2.18. The largest absolute Gasteiger partial charge is 0.550 e. The van der Waals surface area contributed by atoms with E-state index in [2.05, 4.69) is 4.98 Å². The topological polar surface area (TPSA) is 97.5 Å². The molecule has 0 saturated carbocycles. The molecule has 1 aliphatic heterocycles. The zero-order valence-corrected chi connectivity index (χ0v) is 11.2. The highest BCUT2D eigenvalue weighted by atomic mass is 32.1. The average Bonchev–Trinajstić information content (AvgIpc) is 2.78. The second-order valence-corrected chi connectivity index (χ2v) is 5.35. The number of hydrogen-bond acceptors (Lipinski definition) is 7. The number of carboxylic acid groups (broad SMARTS) is 1. The molecule has 0 atom stereocenters. The second-order valence-electron chi connectivity index (χ2n) is 4.23. The first-order valence-corrected chi connectivity index (χ1v) is 6.80. The maximum Gasteiger partial charge on any atom is 0.180 e. The van der Waals surface area contributed by atoms with Crippen molar-refractivity contribution in [1.82, 2.24) is 4.98 Å². The third-order valence-electron chi connectivity index (χ3n) is 2.83. The van der Waals surface area contributed by atoms with Gasteiger partial charge in [-0.05, 0) is 18.2 Å². The summed E-state index contributed by atoms with van der Waals surface area (Å²) in [5.41, 5.74) is 6.97. The van der Waals surface area contributed by atoms with Crippen molar-refractivity contribution in [3.8, 4) is 22.8 Å². The van der Waals surface area contributed by atoms with Crippen LogP contribution in [0.5, 0.6) is 11.5 Å². The van der Waals surface area contributed by atoms with E-state index in [9.17, 15) is 9.90 Å². The Kier molecular flexibility index (Phi) is 3.19. The van der Waals surface area contributed by atoms with E-state index in [0.29, 0.717) is 40.4 Å². The van der Waals surface area contributed by atoms with Crippen LogP contribution in [0.3, 0.4) is 0 Å². The van der Waals surface area contributed by atoms with Crippen molar-refractivity contribution in [2.75, 3.05) is 18.9 Å². The van der Waals surface area contributed by atoms with Gasteiger partial charge in [-0.25, -0.2) is 4.98 Å². The zero-order valence-electron chi connectivity index (χ0n) is 10.4. The Hall–Kier alpha value is -2.28. The predicted octanol–water partition coefficient (Wildman–Crippen LogP) is 0.456. The van der Waals surface area contributed by atoms with Gasteiger partial charge in [-0.15, -0.1) is 11.3 Å². The van der Waals surface area contributed by atoms with Crippen molar-refractivity contribution in [1.29, 1.82) is 0 Å². The summed E-state index contributed by atoms with van der Waals surface area (Å²) < 4.78 is 10.9. The molecule has 0 bridgehead atoms. The molecular formula is C13H11N2O4S-. The molecular weight excluding hydrogens is 280 g/mol. The Labute approximate surface area is 118 Å². The molecule has 3 rings (SSSR count). The van der Waals surface area contributed by atoms with Crippen molar-refractivity contribution in [3.63, 3.8) is 0 Å². The third-order valence-corrected chi connectivity index (χ3v) is 3.72. The van der Waals surface area contributed by atoms with Crippen LogP contribution in [-0.4, -0.2) is 24.2 Å². The summed E-state index contributed by atoms with van der Waals surface area (Å²) >= 11 is 1.15. The lowest BCUT2D eigenvalue weighted by atomic mass is 10.1. The molecule has 7 heteroatoms. The monoisotopic (exact) mass is 291 g/mol. The number of benzene rings is 1. The standard InChI is InChI=1S/C13H12N2O4S/c14-13-15-12(10(20-13)6-11(16)17)7-1-2-8-9(5-7)19-4-3-18-8/h1-2,5H,3-4,6H2,(H2,14,15)(H,16,17)/p-1. The fourth-order valence-electron chi connectivity index (χ4n) is 2.04. The van der Waals surface area contributed by atoms with Gasteiger partial charge in [-0.3, -0.25) is 0 Å². The fourth-order valence-corrected chi connectivity index (χ4v) is 2.88. The summed E-state index contributed by atoms with van der Waals surface area (Å²) in [7, 11) is 0. The first kappa shape index (κ1) is 12.7. The van der Waals surface area contributed by atoms with Gasteiger partial charge in [0.25, 0.3) is 0 Å². The number of aliphatic carboxylic acids is 1. The number of thiazole rings is 1. The minimum Gasteiger partial charge on any atom is -0.550 e. The van der Waals surface area contributed by atoms with Crippen LogP contribution >= 0.6 is 11.3 Å². The van der Waals surface area contributed by atoms with E-state index in [1.54, 1.807) is 18.2 Å². The van der Waals surface area contributed by atoms with E-state index in [1.165, 1.54) is 0 Å². The smallest absolute Gasteiger partial charge is 0.180 e. The highest BCUT2D eigenvalue weighted by molar-refractivity contribution is 7.15. The number of anilines is 1. The number of nitrogen functional groups attached to an aromatic ring is 1. The maximum atomic E-state index is 10.8. The Morgan fingerprint density at radius 3 is 2.85 bits per heavy atom. The van der Waals surface area contributed by atoms with Gasteiger partial charge < -0.3 is 25.1 Å². The SMILES string of the molecule is Nc1nc(-c2ccc3c(c2)OCCO3)c(CC(=O)[O-])s1. The van der Waals surface area contributed by atoms with Gasteiger partial charge in [0.2, 0.25) is 0 Å². The van der Waals surface area contributed by atoms with Crippen LogP contribution in [0.25, 0.3) is 11.3 Å². The van der Waals surface area contributed by atoms with Crippen LogP contribution in [0.2, 0.25) is 0 Å². The Morgan fingerprint density at radius 1 is 1.35 bits per heavy atom. The number of carboxylic acids is 1. The number of rotatable bonds is 3. The molecule has 1 aliphatic rings. The van der Waals surface area contributed by atoms with Crippen molar-refractivity contribution >= 4 is 22.4 Å². The molecule has 104 valence electrons. The van der Waals surface area contributed by atoms with Gasteiger partial charge in [0.1, 0.15) is 13.2 Å². The molecule has 0 spiro atoms. The molecule has 0 fully saturated rings. The molecule has 2 heterocycles. The minimum absolute atomic E-state index is 0.210. The fraction of sp³-hybridized carbons (Fsp3) is 0.231. The van der Waals surface area contributed by atoms with E-state index >= 15 is 0 Å². The van der Waals surface area contributed by atoms with Crippen molar-refractivity contribution in [2.45, 2.75) is 6.42 Å². The molecule has 2 aromatic rings. The van der Waals surface area contributed by atoms with Crippen LogP contribution < -0.4 is 20.3 Å². The summed E-state index contributed by atoms with van der Waals surface area (Å²) in [4.78, 5) is 15.5. The summed E-state index contributed by atoms with van der Waals surface area (Å²) in [5.74, 6) is 0.136. The van der Waals surface area contributed by atoms with Gasteiger partial charge >= 0.3 is 0 Å². The second kappa shape index (κ2) is 5.01. The minimum atomic E-state index is -1.16. The van der Waals surface area contributed by atoms with Crippen LogP contribution in [0, 0.1) is 0 Å². The average molecular weight is 291 g/mol. The molecule has 1 aromatic carbocycles. The molecule has 0 amide bonds. The molecule has 0 unspecified atom stereocenters. The van der Waals surface area contributed by atoms with Crippen LogP contribution in [0.15, 0.2) is 18.2 Å². The lowest BCUT2D eigenvalue weighted by molar-refractivity contribution is -0.304. The lowest BCUT2D eigenvalue weighted by Crippen LogP contribution is -2.24. The van der Waals surface area contributed by atoms with Crippen molar-refractivity contribution in [2.24, 2.45) is 0 Å². The number of carbonyl (C=O) groups is 1. The highest BCUT2D eigenvalue weighted by Gasteiger charge is 2.16. The molecule has 0 radical (unpaired) electrons. The number of nitrogens with zero attached hydrogens (tertiary/aromatic N) is 1. The van der Waals surface area contributed by atoms with E-state index in [4.69, 9.17) is 15.2 Å². The molecule has 2 N–H and O–H groups in total. The maximum absolute atomic E-state index is 10.8. The zero-order chi connectivity index (χ0) is 14.1.